The van der Waals surface area contributed by atoms with Crippen molar-refractivity contribution in [2.75, 3.05) is 32.7 Å². The maximum Gasteiger partial charge on any atom is 0.269 e. The van der Waals surface area contributed by atoms with Crippen LogP contribution in [0.25, 0.3) is 0 Å². The van der Waals surface area contributed by atoms with Gasteiger partial charge in [0.2, 0.25) is 5.91 Å². The molecule has 0 aliphatic heterocycles. The highest BCUT2D eigenvalue weighted by atomic mass is 35.5. The molecule has 0 heterocycles. The number of halogens is 1. The van der Waals surface area contributed by atoms with E-state index >= 15 is 0 Å². The van der Waals surface area contributed by atoms with Crippen LogP contribution in [-0.2, 0) is 4.79 Å². The molecule has 37 heavy (non-hydrogen) atoms. The highest BCUT2D eigenvalue weighted by molar-refractivity contribution is 5.96. The molecule has 0 atom stereocenters. The predicted molar refractivity (Wildman–Crippen MR) is 141 cm³/mol. The second-order valence-electron chi connectivity index (χ2n) is 10.5. The van der Waals surface area contributed by atoms with Gasteiger partial charge in [0, 0.05) is 42.7 Å². The third-order valence-electron chi connectivity index (χ3n) is 8.12. The fourth-order valence-electron chi connectivity index (χ4n) is 5.95. The van der Waals surface area contributed by atoms with E-state index in [2.05, 4.69) is 18.7 Å². The molecule has 0 saturated heterocycles. The summed E-state index contributed by atoms with van der Waals surface area (Å²) in [5.74, 6) is -0.153. The van der Waals surface area contributed by atoms with E-state index in [9.17, 15) is 19.7 Å². The van der Waals surface area contributed by atoms with E-state index in [0.717, 1.165) is 51.7 Å². The molecule has 2 aliphatic rings. The number of carbonyl (C=O) groups is 2. The van der Waals surface area contributed by atoms with Crippen molar-refractivity contribution in [3.8, 4) is 0 Å². The van der Waals surface area contributed by atoms with Gasteiger partial charge in [-0.1, -0.05) is 38.5 Å². The molecule has 0 unspecified atom stereocenters. The lowest BCUT2D eigenvalue weighted by Crippen LogP contribution is -3.11. The number of carbonyl (C=O) groups excluding carboxylic acids is 2. The highest BCUT2D eigenvalue weighted by Gasteiger charge is 2.34. The monoisotopic (exact) mass is 536 g/mol. The first-order valence-electron chi connectivity index (χ1n) is 14.1. The zero-order valence-electron chi connectivity index (χ0n) is 22.6. The first-order valence-corrected chi connectivity index (χ1v) is 14.1. The number of rotatable bonds is 12. The number of nitrogens with one attached hydrogen (secondary N) is 1. The standard InChI is InChI=1S/C28H44N4O4.ClH/c1-3-29(4-2)20-11-21-30(28(34)23-16-18-26(19-17-23)32(35)36)22-27(33)31(24-12-7-5-8-13-24)25-14-9-6-10-15-25;/h16-19,24-25H,3-15,20-22H2,1-2H3;1H. The maximum atomic E-state index is 13.9. The van der Waals surface area contributed by atoms with E-state index < -0.39 is 4.92 Å². The molecule has 208 valence electrons. The summed E-state index contributed by atoms with van der Waals surface area (Å²) < 4.78 is 0. The summed E-state index contributed by atoms with van der Waals surface area (Å²) in [7, 11) is 0. The van der Waals surface area contributed by atoms with E-state index in [1.54, 1.807) is 4.90 Å². The third-order valence-corrected chi connectivity index (χ3v) is 8.12. The molecular weight excluding hydrogens is 492 g/mol. The molecule has 0 bridgehead atoms. The molecule has 3 rings (SSSR count). The largest absolute Gasteiger partial charge is 1.00 e. The lowest BCUT2D eigenvalue weighted by molar-refractivity contribution is -0.896. The van der Waals surface area contributed by atoms with Gasteiger partial charge in [0.05, 0.1) is 24.6 Å². The Morgan fingerprint density at radius 3 is 1.89 bits per heavy atom. The van der Waals surface area contributed by atoms with Crippen LogP contribution in [-0.4, -0.2) is 71.3 Å². The molecule has 1 N–H and O–H groups in total. The van der Waals surface area contributed by atoms with Crippen LogP contribution >= 0.6 is 0 Å². The molecule has 0 aromatic heterocycles. The van der Waals surface area contributed by atoms with Gasteiger partial charge in [-0.25, -0.2) is 0 Å². The van der Waals surface area contributed by atoms with Crippen LogP contribution in [0.1, 0.15) is 94.8 Å². The molecule has 0 spiro atoms. The first-order chi connectivity index (χ1) is 17.4. The normalized spacial score (nSPS) is 16.7. The molecule has 2 fully saturated rings. The van der Waals surface area contributed by atoms with Crippen LogP contribution in [0.2, 0.25) is 0 Å². The van der Waals surface area contributed by atoms with Crippen molar-refractivity contribution in [2.45, 2.75) is 96.6 Å². The maximum absolute atomic E-state index is 13.9. The second kappa shape index (κ2) is 15.9. The summed E-state index contributed by atoms with van der Waals surface area (Å²) in [6.45, 7) is 7.92. The van der Waals surface area contributed by atoms with Crippen LogP contribution in [0.15, 0.2) is 24.3 Å². The first kappa shape index (κ1) is 31.0. The Balaban J connectivity index is 0.00000481. The minimum Gasteiger partial charge on any atom is -1.00 e. The fraction of sp³-hybridized carbons (Fsp3) is 0.714. The number of nitro benzene ring substituents is 1. The van der Waals surface area contributed by atoms with Gasteiger partial charge in [-0.05, 0) is 51.7 Å². The second-order valence-corrected chi connectivity index (χ2v) is 10.5. The van der Waals surface area contributed by atoms with E-state index in [0.29, 0.717) is 12.1 Å². The average molecular weight is 537 g/mol. The molecule has 1 aromatic rings. The molecule has 2 aliphatic carbocycles. The third kappa shape index (κ3) is 8.95. The summed E-state index contributed by atoms with van der Waals surface area (Å²) >= 11 is 0. The summed E-state index contributed by atoms with van der Waals surface area (Å²) in [6.07, 6.45) is 12.2. The van der Waals surface area contributed by atoms with Crippen molar-refractivity contribution < 1.29 is 31.8 Å². The van der Waals surface area contributed by atoms with E-state index in [4.69, 9.17) is 0 Å². The molecule has 2 amide bonds. The van der Waals surface area contributed by atoms with Gasteiger partial charge in [-0.2, -0.15) is 0 Å². The number of amides is 2. The number of hydrogen-bond acceptors (Lipinski definition) is 4. The van der Waals surface area contributed by atoms with Crippen LogP contribution in [0.4, 0.5) is 5.69 Å². The number of nitro groups is 1. The molecular formula is C28H45ClN4O4. The van der Waals surface area contributed by atoms with Crippen LogP contribution in [0.3, 0.4) is 0 Å². The number of benzene rings is 1. The Morgan fingerprint density at radius 2 is 1.43 bits per heavy atom. The van der Waals surface area contributed by atoms with Crippen LogP contribution < -0.4 is 17.3 Å². The van der Waals surface area contributed by atoms with Crippen molar-refractivity contribution in [2.24, 2.45) is 0 Å². The van der Waals surface area contributed by atoms with E-state index in [-0.39, 0.29) is 48.5 Å². The lowest BCUT2D eigenvalue weighted by Gasteiger charge is -2.42. The Bertz CT molecular complexity index is 832. The summed E-state index contributed by atoms with van der Waals surface area (Å²) in [5.41, 5.74) is 0.352. The summed E-state index contributed by atoms with van der Waals surface area (Å²) in [4.78, 5) is 43.3. The van der Waals surface area contributed by atoms with E-state index in [1.807, 2.05) is 0 Å². The van der Waals surface area contributed by atoms with Gasteiger partial charge in [0.1, 0.15) is 6.54 Å². The Morgan fingerprint density at radius 1 is 0.919 bits per heavy atom. The summed E-state index contributed by atoms with van der Waals surface area (Å²) in [5, 5.41) is 11.1. The quantitative estimate of drug-likeness (QED) is 0.317. The Kier molecular flexibility index (Phi) is 13.4. The highest BCUT2D eigenvalue weighted by Crippen LogP contribution is 2.30. The van der Waals surface area contributed by atoms with Gasteiger partial charge in [-0.3, -0.25) is 19.7 Å². The minimum absolute atomic E-state index is 0. The molecule has 1 aromatic carbocycles. The smallest absolute Gasteiger partial charge is 0.269 e. The van der Waals surface area contributed by atoms with Crippen molar-refractivity contribution in [1.82, 2.24) is 9.80 Å². The topological polar surface area (TPSA) is 88.2 Å². The zero-order chi connectivity index (χ0) is 25.9. The molecule has 9 heteroatoms. The summed E-state index contributed by atoms with van der Waals surface area (Å²) in [6, 6.07) is 6.31. The van der Waals surface area contributed by atoms with Crippen LogP contribution in [0, 0.1) is 10.1 Å². The Hall–Kier alpha value is -2.19. The van der Waals surface area contributed by atoms with Gasteiger partial charge in [-0.15, -0.1) is 0 Å². The molecule has 2 saturated carbocycles. The van der Waals surface area contributed by atoms with E-state index in [1.165, 1.54) is 67.7 Å². The van der Waals surface area contributed by atoms with Gasteiger partial charge < -0.3 is 27.1 Å². The number of nitrogens with zero attached hydrogens (tertiary/aromatic N) is 3. The average Bonchev–Trinajstić information content (AvgIpc) is 2.91. The minimum atomic E-state index is -0.464. The molecule has 8 nitrogen and oxygen atoms in total. The van der Waals surface area contributed by atoms with Crippen molar-refractivity contribution >= 4 is 17.5 Å². The lowest BCUT2D eigenvalue weighted by atomic mass is 9.88. The van der Waals surface area contributed by atoms with Crippen molar-refractivity contribution in [3.63, 3.8) is 0 Å². The van der Waals surface area contributed by atoms with Gasteiger partial charge in [0.15, 0.2) is 0 Å². The molecule has 0 radical (unpaired) electrons. The Labute approximate surface area is 228 Å². The van der Waals surface area contributed by atoms with Crippen molar-refractivity contribution in [3.05, 3.63) is 39.9 Å². The number of hydrogen-bond donors (Lipinski definition) is 1. The van der Waals surface area contributed by atoms with Gasteiger partial charge in [0.25, 0.3) is 11.6 Å². The predicted octanol–water partition coefficient (Wildman–Crippen LogP) is 0.850. The zero-order valence-corrected chi connectivity index (χ0v) is 23.4. The van der Waals surface area contributed by atoms with Gasteiger partial charge >= 0.3 is 0 Å². The SMILES string of the molecule is CC[NH+](CC)CCCN(CC(=O)N(C1CCCCC1)C1CCCCC1)C(=O)c1ccc([N+](=O)[O-])cc1.[Cl-]. The fourth-order valence-corrected chi connectivity index (χ4v) is 5.95. The number of non-ortho nitro benzene ring substituents is 1. The van der Waals surface area contributed by atoms with Crippen molar-refractivity contribution in [1.29, 1.82) is 0 Å². The number of quaternary nitrogens is 1. The van der Waals surface area contributed by atoms with Crippen LogP contribution in [0.5, 0.6) is 0 Å².